The molecular formula is C17H28N5O7P. The number of carbonyl (C=O) groups is 1. The summed E-state index contributed by atoms with van der Waals surface area (Å²) in [5.41, 5.74) is 6.84. The molecule has 2 aromatic heterocycles. The van der Waals surface area contributed by atoms with Crippen LogP contribution in [0.5, 0.6) is 0 Å². The van der Waals surface area contributed by atoms with Crippen molar-refractivity contribution in [2.45, 2.75) is 59.5 Å². The molecule has 12 nitrogen and oxygen atoms in total. The number of fused-ring (bicyclic) bond motifs is 1. The van der Waals surface area contributed by atoms with Crippen LogP contribution in [0.15, 0.2) is 12.7 Å². The van der Waals surface area contributed by atoms with Crippen LogP contribution in [0.1, 0.15) is 34.6 Å². The summed E-state index contributed by atoms with van der Waals surface area (Å²) in [7, 11) is -3.69. The smallest absolute Gasteiger partial charge is 0.432 e. The standard InChI is InChI=1S/C17H28N5O7P/c1-11(2)28-17(23)25-9-27-30(24,29-12(3)4)10-26-13(5)6-22-8-21-14-15(18)19-7-20-16(14)22/h7-8,11-13H,6,9-10H2,1-5H3,(H2,18,19,20)/t13-,30+/m1/s1. The zero-order valence-corrected chi connectivity index (χ0v) is 18.6. The molecule has 0 aromatic carbocycles. The normalized spacial score (nSPS) is 14.8. The van der Waals surface area contributed by atoms with Crippen molar-refractivity contribution in [3.05, 3.63) is 12.7 Å². The maximum Gasteiger partial charge on any atom is 0.510 e. The molecule has 0 bridgehead atoms. The maximum atomic E-state index is 12.9. The van der Waals surface area contributed by atoms with Crippen LogP contribution in [0.3, 0.4) is 0 Å². The molecule has 0 spiro atoms. The largest absolute Gasteiger partial charge is 0.510 e. The average molecular weight is 445 g/mol. The van der Waals surface area contributed by atoms with Crippen LogP contribution >= 0.6 is 7.60 Å². The summed E-state index contributed by atoms with van der Waals surface area (Å²) in [6.45, 7) is 8.32. The fourth-order valence-corrected chi connectivity index (χ4v) is 3.87. The number of rotatable bonds is 11. The summed E-state index contributed by atoms with van der Waals surface area (Å²) < 4.78 is 40.5. The number of imidazole rings is 1. The minimum Gasteiger partial charge on any atom is -0.432 e. The van der Waals surface area contributed by atoms with Crippen molar-refractivity contribution >= 4 is 30.7 Å². The lowest BCUT2D eigenvalue weighted by Crippen LogP contribution is -2.20. The van der Waals surface area contributed by atoms with Gasteiger partial charge in [-0.05, 0) is 34.6 Å². The molecule has 0 saturated carbocycles. The minimum absolute atomic E-state index is 0.284. The van der Waals surface area contributed by atoms with Crippen LogP contribution in [0.4, 0.5) is 10.6 Å². The van der Waals surface area contributed by atoms with E-state index in [4.69, 9.17) is 29.0 Å². The second-order valence-electron chi connectivity index (χ2n) is 7.01. The fraction of sp³-hybridized carbons (Fsp3) is 0.647. The Bertz CT molecular complexity index is 889. The number of hydrogen-bond acceptors (Lipinski definition) is 11. The molecule has 0 unspecified atom stereocenters. The summed E-state index contributed by atoms with van der Waals surface area (Å²) in [6.07, 6.45) is 0.532. The Morgan fingerprint density at radius 2 is 1.90 bits per heavy atom. The number of aromatic nitrogens is 4. The Kier molecular flexibility index (Phi) is 8.54. The highest BCUT2D eigenvalue weighted by molar-refractivity contribution is 7.53. The van der Waals surface area contributed by atoms with E-state index in [0.717, 1.165) is 0 Å². The van der Waals surface area contributed by atoms with E-state index in [-0.39, 0.29) is 18.3 Å². The van der Waals surface area contributed by atoms with Crippen LogP contribution in [0.2, 0.25) is 0 Å². The van der Waals surface area contributed by atoms with Gasteiger partial charge in [0.15, 0.2) is 11.5 Å². The second-order valence-corrected chi connectivity index (χ2v) is 8.96. The Morgan fingerprint density at radius 3 is 2.57 bits per heavy atom. The predicted octanol–water partition coefficient (Wildman–Crippen LogP) is 2.92. The van der Waals surface area contributed by atoms with Gasteiger partial charge in [-0.15, -0.1) is 0 Å². The number of ether oxygens (including phenoxy) is 3. The van der Waals surface area contributed by atoms with E-state index >= 15 is 0 Å². The third-order valence-electron chi connectivity index (χ3n) is 3.53. The van der Waals surface area contributed by atoms with Crippen LogP contribution in [-0.2, 0) is 34.4 Å². The fourth-order valence-electron chi connectivity index (χ4n) is 2.38. The van der Waals surface area contributed by atoms with Gasteiger partial charge in [0.1, 0.15) is 18.2 Å². The summed E-state index contributed by atoms with van der Waals surface area (Å²) >= 11 is 0. The van der Waals surface area contributed by atoms with Gasteiger partial charge in [0, 0.05) is 0 Å². The third-order valence-corrected chi connectivity index (χ3v) is 5.24. The van der Waals surface area contributed by atoms with E-state index in [9.17, 15) is 9.36 Å². The van der Waals surface area contributed by atoms with Gasteiger partial charge in [0.25, 0.3) is 0 Å². The molecule has 2 heterocycles. The number of anilines is 1. The molecule has 0 aliphatic carbocycles. The number of nitrogens with two attached hydrogens (primary N) is 1. The average Bonchev–Trinajstić information content (AvgIpc) is 3.03. The molecule has 0 fully saturated rings. The summed E-state index contributed by atoms with van der Waals surface area (Å²) in [5.74, 6) is 0.284. The molecule has 2 N–H and O–H groups in total. The Balaban J connectivity index is 1.92. The van der Waals surface area contributed by atoms with E-state index in [1.165, 1.54) is 6.33 Å². The van der Waals surface area contributed by atoms with Gasteiger partial charge in [-0.1, -0.05) is 0 Å². The van der Waals surface area contributed by atoms with E-state index < -0.39 is 32.8 Å². The van der Waals surface area contributed by atoms with Gasteiger partial charge in [-0.2, -0.15) is 0 Å². The molecule has 0 saturated heterocycles. The van der Waals surface area contributed by atoms with Crippen LogP contribution in [0.25, 0.3) is 11.2 Å². The van der Waals surface area contributed by atoms with Gasteiger partial charge >= 0.3 is 13.8 Å². The van der Waals surface area contributed by atoms with Gasteiger partial charge in [0.2, 0.25) is 6.79 Å². The molecule has 0 aliphatic rings. The molecule has 0 aliphatic heterocycles. The maximum absolute atomic E-state index is 12.9. The molecule has 168 valence electrons. The van der Waals surface area contributed by atoms with Crippen molar-refractivity contribution in [2.75, 3.05) is 18.9 Å². The highest BCUT2D eigenvalue weighted by Crippen LogP contribution is 2.49. The van der Waals surface area contributed by atoms with Crippen molar-refractivity contribution in [1.29, 1.82) is 0 Å². The van der Waals surface area contributed by atoms with E-state index in [0.29, 0.717) is 17.7 Å². The monoisotopic (exact) mass is 445 g/mol. The van der Waals surface area contributed by atoms with Crippen molar-refractivity contribution in [3.63, 3.8) is 0 Å². The van der Waals surface area contributed by atoms with E-state index in [1.807, 2.05) is 0 Å². The first-order valence-electron chi connectivity index (χ1n) is 9.38. The Hall–Kier alpha value is -2.27. The summed E-state index contributed by atoms with van der Waals surface area (Å²) in [6, 6.07) is 0. The van der Waals surface area contributed by atoms with E-state index in [2.05, 4.69) is 15.0 Å². The lowest BCUT2D eigenvalue weighted by atomic mass is 10.4. The van der Waals surface area contributed by atoms with Crippen molar-refractivity contribution < 1.29 is 32.6 Å². The third kappa shape index (κ3) is 7.21. The molecule has 30 heavy (non-hydrogen) atoms. The highest BCUT2D eigenvalue weighted by Gasteiger charge is 2.29. The van der Waals surface area contributed by atoms with E-state index in [1.54, 1.807) is 45.5 Å². The summed E-state index contributed by atoms with van der Waals surface area (Å²) in [4.78, 5) is 23.7. The molecular weight excluding hydrogens is 417 g/mol. The van der Waals surface area contributed by atoms with Gasteiger partial charge < -0.3 is 29.0 Å². The quantitative estimate of drug-likeness (QED) is 0.309. The Labute approximate surface area is 174 Å². The number of carbonyl (C=O) groups excluding carboxylic acids is 1. The lowest BCUT2D eigenvalue weighted by molar-refractivity contribution is -0.0199. The lowest BCUT2D eigenvalue weighted by Gasteiger charge is -2.22. The second kappa shape index (κ2) is 10.7. The molecule has 2 rings (SSSR count). The van der Waals surface area contributed by atoms with Crippen LogP contribution < -0.4 is 5.73 Å². The molecule has 0 amide bonds. The SMILES string of the molecule is CC(C)OC(=O)OCO[P@@](=O)(CO[C@H](C)Cn1cnc2c(N)ncnc21)OC(C)C. The molecule has 2 atom stereocenters. The first-order chi connectivity index (χ1) is 14.1. The van der Waals surface area contributed by atoms with Crippen LogP contribution in [-0.4, -0.2) is 57.1 Å². The van der Waals surface area contributed by atoms with Crippen LogP contribution in [0, 0.1) is 0 Å². The topological polar surface area (TPSA) is 150 Å². The number of nitrogen functional groups attached to an aromatic ring is 1. The highest BCUT2D eigenvalue weighted by atomic mass is 31.2. The molecule has 13 heteroatoms. The Morgan fingerprint density at radius 1 is 1.17 bits per heavy atom. The van der Waals surface area contributed by atoms with Gasteiger partial charge in [0.05, 0.1) is 31.2 Å². The van der Waals surface area contributed by atoms with Gasteiger partial charge in [-0.25, -0.2) is 19.7 Å². The first kappa shape index (κ1) is 24.0. The first-order valence-corrected chi connectivity index (χ1v) is 11.1. The molecule has 0 radical (unpaired) electrons. The number of hydrogen-bond donors (Lipinski definition) is 1. The minimum atomic E-state index is -3.69. The van der Waals surface area contributed by atoms with Gasteiger partial charge in [-0.3, -0.25) is 9.09 Å². The van der Waals surface area contributed by atoms with Crippen molar-refractivity contribution in [2.24, 2.45) is 0 Å². The van der Waals surface area contributed by atoms with Crippen molar-refractivity contribution in [3.8, 4) is 0 Å². The predicted molar refractivity (Wildman–Crippen MR) is 108 cm³/mol. The van der Waals surface area contributed by atoms with Crippen molar-refractivity contribution in [1.82, 2.24) is 19.5 Å². The zero-order chi connectivity index (χ0) is 22.3. The summed E-state index contributed by atoms with van der Waals surface area (Å²) in [5, 5.41) is 0. The number of nitrogens with zero attached hydrogens (tertiary/aromatic N) is 4. The zero-order valence-electron chi connectivity index (χ0n) is 17.7. The molecule has 2 aromatic rings.